The molecule has 2 aliphatic rings. The average molecular weight is 343 g/mol. The fourth-order valence-corrected chi connectivity index (χ4v) is 3.55. The first-order valence-electron chi connectivity index (χ1n) is 9.24. The summed E-state index contributed by atoms with van der Waals surface area (Å²) in [7, 11) is 2.06. The number of rotatable bonds is 4. The van der Waals surface area contributed by atoms with E-state index in [1.165, 1.54) is 0 Å². The second-order valence-corrected chi connectivity index (χ2v) is 7.83. The minimum Gasteiger partial charge on any atom is -0.339 e. The van der Waals surface area contributed by atoms with Crippen molar-refractivity contribution in [2.24, 2.45) is 5.41 Å². The molecule has 1 aromatic carbocycles. The molecule has 2 fully saturated rings. The lowest BCUT2D eigenvalue weighted by Gasteiger charge is -2.34. The zero-order chi connectivity index (χ0) is 18.2. The number of anilines is 1. The van der Waals surface area contributed by atoms with Crippen molar-refractivity contribution in [3.05, 3.63) is 29.3 Å². The molecule has 3 rings (SSSR count). The van der Waals surface area contributed by atoms with Crippen molar-refractivity contribution < 1.29 is 9.59 Å². The van der Waals surface area contributed by atoms with Crippen LogP contribution in [0.3, 0.4) is 0 Å². The second-order valence-electron chi connectivity index (χ2n) is 7.83. The van der Waals surface area contributed by atoms with E-state index in [0.29, 0.717) is 31.8 Å². The van der Waals surface area contributed by atoms with Crippen LogP contribution in [-0.4, -0.2) is 54.8 Å². The van der Waals surface area contributed by atoms with Crippen LogP contribution in [0.4, 0.5) is 5.69 Å². The minimum absolute atomic E-state index is 0.0118. The topological polar surface area (TPSA) is 52.7 Å². The molecule has 0 atom stereocenters. The van der Waals surface area contributed by atoms with Crippen molar-refractivity contribution in [3.63, 3.8) is 0 Å². The second kappa shape index (κ2) is 6.79. The molecule has 0 spiro atoms. The van der Waals surface area contributed by atoms with Crippen LogP contribution in [0.1, 0.15) is 43.7 Å². The van der Waals surface area contributed by atoms with Crippen molar-refractivity contribution in [1.82, 2.24) is 9.80 Å². The molecule has 5 heteroatoms. The molecule has 0 radical (unpaired) electrons. The Kier molecular flexibility index (Phi) is 4.87. The van der Waals surface area contributed by atoms with E-state index in [9.17, 15) is 9.59 Å². The van der Waals surface area contributed by atoms with Gasteiger partial charge in [0.25, 0.3) is 0 Å². The lowest BCUT2D eigenvalue weighted by molar-refractivity contribution is -0.143. The molecule has 0 unspecified atom stereocenters. The summed E-state index contributed by atoms with van der Waals surface area (Å²) in [6, 6.07) is 6.07. The number of aryl methyl sites for hydroxylation is 1. The van der Waals surface area contributed by atoms with Crippen LogP contribution in [0.5, 0.6) is 0 Å². The molecule has 1 N–H and O–H groups in total. The van der Waals surface area contributed by atoms with E-state index in [0.717, 1.165) is 29.9 Å². The highest BCUT2D eigenvalue weighted by atomic mass is 16.2. The molecule has 1 heterocycles. The summed E-state index contributed by atoms with van der Waals surface area (Å²) in [4.78, 5) is 30.1. The Hall–Kier alpha value is -1.88. The van der Waals surface area contributed by atoms with Gasteiger partial charge in [-0.25, -0.2) is 0 Å². The SMILES string of the molecule is Cc1cccc(C(C)C)c1NC(=O)C1(C(=O)N2CCN(C)CC2)CC1. The summed E-state index contributed by atoms with van der Waals surface area (Å²) in [5.41, 5.74) is 2.20. The number of hydrogen-bond acceptors (Lipinski definition) is 3. The highest BCUT2D eigenvalue weighted by molar-refractivity contribution is 6.13. The standard InChI is InChI=1S/C20H29N3O2/c1-14(2)16-7-5-6-15(3)17(16)21-18(24)20(8-9-20)19(25)23-12-10-22(4)11-13-23/h5-7,14H,8-13H2,1-4H3,(H,21,24). The monoisotopic (exact) mass is 343 g/mol. The third-order valence-corrected chi connectivity index (χ3v) is 5.55. The van der Waals surface area contributed by atoms with Crippen LogP contribution in [0.2, 0.25) is 0 Å². The number of carbonyl (C=O) groups excluding carboxylic acids is 2. The molecule has 136 valence electrons. The smallest absolute Gasteiger partial charge is 0.240 e. The van der Waals surface area contributed by atoms with Crippen molar-refractivity contribution in [1.29, 1.82) is 0 Å². The van der Waals surface area contributed by atoms with E-state index in [2.05, 4.69) is 37.2 Å². The Morgan fingerprint density at radius 3 is 2.32 bits per heavy atom. The number of nitrogens with zero attached hydrogens (tertiary/aromatic N) is 2. The Morgan fingerprint density at radius 2 is 1.76 bits per heavy atom. The van der Waals surface area contributed by atoms with Gasteiger partial charge in [0, 0.05) is 31.9 Å². The van der Waals surface area contributed by atoms with E-state index in [4.69, 9.17) is 0 Å². The van der Waals surface area contributed by atoms with Crippen LogP contribution in [0.25, 0.3) is 0 Å². The van der Waals surface area contributed by atoms with Crippen molar-refractivity contribution >= 4 is 17.5 Å². The largest absolute Gasteiger partial charge is 0.339 e. The Labute approximate surface area is 150 Å². The Balaban J connectivity index is 1.76. The summed E-state index contributed by atoms with van der Waals surface area (Å²) < 4.78 is 0. The Morgan fingerprint density at radius 1 is 1.12 bits per heavy atom. The number of nitrogens with one attached hydrogen (secondary N) is 1. The van der Waals surface area contributed by atoms with Crippen molar-refractivity contribution in [3.8, 4) is 0 Å². The maximum absolute atomic E-state index is 13.0. The normalized spacial score (nSPS) is 19.8. The summed E-state index contributed by atoms with van der Waals surface area (Å²) in [5, 5.41) is 3.09. The molecule has 1 aromatic rings. The molecular weight excluding hydrogens is 314 g/mol. The molecule has 0 aromatic heterocycles. The summed E-state index contributed by atoms with van der Waals surface area (Å²) in [6.07, 6.45) is 1.32. The molecule has 25 heavy (non-hydrogen) atoms. The number of benzene rings is 1. The van der Waals surface area contributed by atoms with Crippen molar-refractivity contribution in [2.45, 2.75) is 39.5 Å². The van der Waals surface area contributed by atoms with Gasteiger partial charge in [0.05, 0.1) is 0 Å². The predicted molar refractivity (Wildman–Crippen MR) is 99.6 cm³/mol. The lowest BCUT2D eigenvalue weighted by atomic mass is 9.96. The number of piperazine rings is 1. The molecule has 5 nitrogen and oxygen atoms in total. The van der Waals surface area contributed by atoms with Crippen LogP contribution in [-0.2, 0) is 9.59 Å². The van der Waals surface area contributed by atoms with E-state index in [-0.39, 0.29) is 11.8 Å². The van der Waals surface area contributed by atoms with E-state index >= 15 is 0 Å². The van der Waals surface area contributed by atoms with Gasteiger partial charge < -0.3 is 15.1 Å². The van der Waals surface area contributed by atoms with Crippen molar-refractivity contribution in [2.75, 3.05) is 38.5 Å². The average Bonchev–Trinajstić information content (AvgIpc) is 3.38. The van der Waals surface area contributed by atoms with Crippen LogP contribution in [0.15, 0.2) is 18.2 Å². The van der Waals surface area contributed by atoms with Gasteiger partial charge in [0.2, 0.25) is 11.8 Å². The maximum Gasteiger partial charge on any atom is 0.240 e. The number of hydrogen-bond donors (Lipinski definition) is 1. The first-order valence-corrected chi connectivity index (χ1v) is 9.24. The van der Waals surface area contributed by atoms with Gasteiger partial charge in [-0.2, -0.15) is 0 Å². The highest BCUT2D eigenvalue weighted by Gasteiger charge is 2.58. The predicted octanol–water partition coefficient (Wildman–Crippen LogP) is 2.61. The number of para-hydroxylation sites is 1. The van der Waals surface area contributed by atoms with Crippen LogP contribution in [0, 0.1) is 12.3 Å². The lowest BCUT2D eigenvalue weighted by Crippen LogP contribution is -2.51. The third-order valence-electron chi connectivity index (χ3n) is 5.55. The van der Waals surface area contributed by atoms with Gasteiger partial charge in [-0.15, -0.1) is 0 Å². The molecule has 1 saturated heterocycles. The van der Waals surface area contributed by atoms with E-state index in [1.807, 2.05) is 24.0 Å². The van der Waals surface area contributed by atoms with E-state index in [1.54, 1.807) is 0 Å². The van der Waals surface area contributed by atoms with Gasteiger partial charge in [-0.1, -0.05) is 32.0 Å². The third kappa shape index (κ3) is 3.43. The number of likely N-dealkylation sites (N-methyl/N-ethyl adjacent to an activating group) is 1. The molecule has 1 saturated carbocycles. The summed E-state index contributed by atoms with van der Waals surface area (Å²) >= 11 is 0. The zero-order valence-electron chi connectivity index (χ0n) is 15.8. The highest BCUT2D eigenvalue weighted by Crippen LogP contribution is 2.48. The van der Waals surface area contributed by atoms with Crippen LogP contribution >= 0.6 is 0 Å². The Bertz CT molecular complexity index is 672. The van der Waals surface area contributed by atoms with Gasteiger partial charge in [-0.05, 0) is 43.9 Å². The summed E-state index contributed by atoms with van der Waals surface area (Å²) in [5.74, 6) is 0.198. The number of carbonyl (C=O) groups is 2. The molecule has 1 aliphatic heterocycles. The van der Waals surface area contributed by atoms with Crippen LogP contribution < -0.4 is 5.32 Å². The zero-order valence-corrected chi connectivity index (χ0v) is 15.8. The molecule has 1 aliphatic carbocycles. The quantitative estimate of drug-likeness (QED) is 0.855. The van der Waals surface area contributed by atoms with Gasteiger partial charge >= 0.3 is 0 Å². The molecule has 0 bridgehead atoms. The fourth-order valence-electron chi connectivity index (χ4n) is 3.55. The molecular formula is C20H29N3O2. The maximum atomic E-state index is 13.0. The first-order chi connectivity index (χ1) is 11.8. The fraction of sp³-hybridized carbons (Fsp3) is 0.600. The summed E-state index contributed by atoms with van der Waals surface area (Å²) in [6.45, 7) is 9.41. The molecule has 2 amide bonds. The van der Waals surface area contributed by atoms with E-state index < -0.39 is 5.41 Å². The van der Waals surface area contributed by atoms with Gasteiger partial charge in [0.1, 0.15) is 5.41 Å². The van der Waals surface area contributed by atoms with Gasteiger partial charge in [0.15, 0.2) is 0 Å². The minimum atomic E-state index is -0.841. The first kappa shape index (κ1) is 17.9. The number of amides is 2. The van der Waals surface area contributed by atoms with Gasteiger partial charge in [-0.3, -0.25) is 9.59 Å².